The molecule has 6 heteroatoms. The third-order valence-electron chi connectivity index (χ3n) is 5.95. The molecule has 1 aliphatic rings. The van der Waals surface area contributed by atoms with Crippen molar-refractivity contribution in [3.8, 4) is 11.5 Å². The molecule has 2 aromatic carbocycles. The highest BCUT2D eigenvalue weighted by Gasteiger charge is 2.51. The molecule has 0 spiro atoms. The molecule has 0 aliphatic heterocycles. The molecule has 6 nitrogen and oxygen atoms in total. The minimum absolute atomic E-state index is 0.00743. The van der Waals surface area contributed by atoms with Gasteiger partial charge in [-0.3, -0.25) is 9.59 Å². The molecule has 2 amide bonds. The number of rotatable bonds is 7. The maximum absolute atomic E-state index is 12.7. The lowest BCUT2D eigenvalue weighted by Gasteiger charge is -2.51. The minimum atomic E-state index is -0.242. The molecule has 0 unspecified atom stereocenters. The first-order valence-electron chi connectivity index (χ1n) is 9.72. The van der Waals surface area contributed by atoms with E-state index in [2.05, 4.69) is 24.5 Å². The summed E-state index contributed by atoms with van der Waals surface area (Å²) in [6.07, 6.45) is 1.09. The monoisotopic (exact) mass is 396 g/mol. The van der Waals surface area contributed by atoms with E-state index in [1.54, 1.807) is 14.2 Å². The Labute approximate surface area is 171 Å². The molecule has 1 aliphatic carbocycles. The first kappa shape index (κ1) is 20.7. The van der Waals surface area contributed by atoms with Crippen molar-refractivity contribution in [1.82, 2.24) is 0 Å². The number of benzene rings is 2. The number of nitrogens with one attached hydrogen (secondary N) is 2. The van der Waals surface area contributed by atoms with Crippen LogP contribution < -0.4 is 20.1 Å². The Kier molecular flexibility index (Phi) is 6.11. The molecule has 1 fully saturated rings. The quantitative estimate of drug-likeness (QED) is 0.730. The summed E-state index contributed by atoms with van der Waals surface area (Å²) in [6.45, 7) is 4.11. The Morgan fingerprint density at radius 2 is 1.38 bits per heavy atom. The molecule has 3 rings (SSSR count). The van der Waals surface area contributed by atoms with Crippen LogP contribution in [0.5, 0.6) is 11.5 Å². The fourth-order valence-electron chi connectivity index (χ4n) is 3.82. The zero-order valence-electron chi connectivity index (χ0n) is 17.3. The van der Waals surface area contributed by atoms with Crippen molar-refractivity contribution in [2.45, 2.75) is 26.7 Å². The Bertz CT molecular complexity index is 859. The number of hydrogen-bond donors (Lipinski definition) is 2. The van der Waals surface area contributed by atoms with Gasteiger partial charge in [-0.05, 0) is 66.3 Å². The molecular formula is C23H28N2O4. The van der Waals surface area contributed by atoms with E-state index in [1.165, 1.54) is 0 Å². The van der Waals surface area contributed by atoms with Gasteiger partial charge in [0.15, 0.2) is 0 Å². The maximum atomic E-state index is 12.7. The Morgan fingerprint density at radius 1 is 0.897 bits per heavy atom. The first-order chi connectivity index (χ1) is 13.8. The second-order valence-corrected chi connectivity index (χ2v) is 8.01. The normalized spacial score (nSPS) is 19.6. The molecule has 0 heterocycles. The van der Waals surface area contributed by atoms with Gasteiger partial charge in [0.1, 0.15) is 11.5 Å². The van der Waals surface area contributed by atoms with Crippen LogP contribution in [0.2, 0.25) is 0 Å². The summed E-state index contributed by atoms with van der Waals surface area (Å²) in [6, 6.07) is 14.5. The average molecular weight is 396 g/mol. The van der Waals surface area contributed by atoms with Crippen LogP contribution in [-0.2, 0) is 9.59 Å². The van der Waals surface area contributed by atoms with E-state index >= 15 is 0 Å². The second kappa shape index (κ2) is 8.55. The van der Waals surface area contributed by atoms with Crippen molar-refractivity contribution < 1.29 is 19.1 Å². The van der Waals surface area contributed by atoms with E-state index in [4.69, 9.17) is 9.47 Å². The molecule has 29 heavy (non-hydrogen) atoms. The molecule has 0 aromatic heterocycles. The van der Waals surface area contributed by atoms with Crippen LogP contribution in [0.15, 0.2) is 48.5 Å². The van der Waals surface area contributed by atoms with Gasteiger partial charge >= 0.3 is 0 Å². The molecule has 2 aromatic rings. The van der Waals surface area contributed by atoms with Crippen molar-refractivity contribution in [3.63, 3.8) is 0 Å². The van der Waals surface area contributed by atoms with Crippen molar-refractivity contribution in [3.05, 3.63) is 48.5 Å². The van der Waals surface area contributed by atoms with Crippen LogP contribution in [0.4, 0.5) is 11.4 Å². The van der Waals surface area contributed by atoms with Gasteiger partial charge in [-0.1, -0.05) is 13.8 Å². The fourth-order valence-corrected chi connectivity index (χ4v) is 3.82. The molecule has 0 saturated heterocycles. The van der Waals surface area contributed by atoms with Gasteiger partial charge in [0, 0.05) is 23.7 Å². The highest BCUT2D eigenvalue weighted by atomic mass is 16.5. The van der Waals surface area contributed by atoms with Crippen LogP contribution in [0.1, 0.15) is 26.7 Å². The van der Waals surface area contributed by atoms with Gasteiger partial charge in [-0.15, -0.1) is 0 Å². The summed E-state index contributed by atoms with van der Waals surface area (Å²) < 4.78 is 10.3. The Hall–Kier alpha value is -3.02. The summed E-state index contributed by atoms with van der Waals surface area (Å²) >= 11 is 0. The van der Waals surface area contributed by atoms with Crippen LogP contribution in [0.3, 0.4) is 0 Å². The second-order valence-electron chi connectivity index (χ2n) is 8.01. The van der Waals surface area contributed by atoms with Gasteiger partial charge in [-0.25, -0.2) is 0 Å². The van der Waals surface area contributed by atoms with Gasteiger partial charge in [-0.2, -0.15) is 0 Å². The van der Waals surface area contributed by atoms with Crippen LogP contribution >= 0.6 is 0 Å². The van der Waals surface area contributed by atoms with E-state index in [1.807, 2.05) is 48.5 Å². The van der Waals surface area contributed by atoms with Crippen molar-refractivity contribution in [2.24, 2.45) is 17.3 Å². The summed E-state index contributed by atoms with van der Waals surface area (Å²) in [4.78, 5) is 25.1. The summed E-state index contributed by atoms with van der Waals surface area (Å²) in [7, 11) is 3.21. The van der Waals surface area contributed by atoms with Crippen LogP contribution in [0.25, 0.3) is 0 Å². The molecule has 0 radical (unpaired) electrons. The largest absolute Gasteiger partial charge is 0.497 e. The highest BCUT2D eigenvalue weighted by molar-refractivity contribution is 5.95. The molecule has 2 atom stereocenters. The Balaban J connectivity index is 1.52. The number of ether oxygens (including phenoxy) is 2. The zero-order chi connectivity index (χ0) is 21.0. The number of methoxy groups -OCH3 is 2. The maximum Gasteiger partial charge on any atom is 0.228 e. The number of carbonyl (C=O) groups excluding carboxylic acids is 2. The van der Waals surface area contributed by atoms with E-state index < -0.39 is 0 Å². The smallest absolute Gasteiger partial charge is 0.228 e. The predicted molar refractivity (Wildman–Crippen MR) is 113 cm³/mol. The Morgan fingerprint density at radius 3 is 1.83 bits per heavy atom. The summed E-state index contributed by atoms with van der Waals surface area (Å²) in [5.74, 6) is 1.48. The first-order valence-corrected chi connectivity index (χ1v) is 9.72. The molecule has 2 N–H and O–H groups in total. The van der Waals surface area contributed by atoms with Gasteiger partial charge < -0.3 is 20.1 Å². The van der Waals surface area contributed by atoms with Crippen molar-refractivity contribution >= 4 is 23.2 Å². The standard InChI is InChI=1S/C23H28N2O4/c1-23(2)15(14-21(26)24-16-5-9-18(28-3)10-6-16)13-20(23)22(27)25-17-7-11-19(29-4)12-8-17/h5-12,15,20H,13-14H2,1-4H3,(H,24,26)(H,25,27)/t15-,20-/m0/s1. The molecular weight excluding hydrogens is 368 g/mol. The summed E-state index contributed by atoms with van der Waals surface area (Å²) in [5.41, 5.74) is 1.24. The number of anilines is 2. The average Bonchev–Trinajstić information content (AvgIpc) is 2.71. The van der Waals surface area contributed by atoms with Crippen molar-refractivity contribution in [2.75, 3.05) is 24.9 Å². The van der Waals surface area contributed by atoms with Gasteiger partial charge in [0.2, 0.25) is 11.8 Å². The van der Waals surface area contributed by atoms with Gasteiger partial charge in [0.05, 0.1) is 14.2 Å². The highest BCUT2D eigenvalue weighted by Crippen LogP contribution is 2.53. The number of hydrogen-bond acceptors (Lipinski definition) is 4. The minimum Gasteiger partial charge on any atom is -0.497 e. The lowest BCUT2D eigenvalue weighted by molar-refractivity contribution is -0.138. The van der Waals surface area contributed by atoms with Gasteiger partial charge in [0.25, 0.3) is 0 Å². The zero-order valence-corrected chi connectivity index (χ0v) is 17.3. The number of amides is 2. The van der Waals surface area contributed by atoms with Crippen LogP contribution in [-0.4, -0.2) is 26.0 Å². The molecule has 0 bridgehead atoms. The lowest BCUT2D eigenvalue weighted by Crippen LogP contribution is -2.51. The molecule has 154 valence electrons. The summed E-state index contributed by atoms with van der Waals surface area (Å²) in [5, 5.41) is 5.89. The van der Waals surface area contributed by atoms with E-state index in [9.17, 15) is 9.59 Å². The number of carbonyl (C=O) groups is 2. The predicted octanol–water partition coefficient (Wildman–Crippen LogP) is 4.33. The third kappa shape index (κ3) is 4.70. The van der Waals surface area contributed by atoms with Crippen LogP contribution in [0, 0.1) is 17.3 Å². The van der Waals surface area contributed by atoms with Crippen molar-refractivity contribution in [1.29, 1.82) is 0 Å². The third-order valence-corrected chi connectivity index (χ3v) is 5.95. The fraction of sp³-hybridized carbons (Fsp3) is 0.391. The van der Waals surface area contributed by atoms with E-state index in [0.717, 1.165) is 22.9 Å². The SMILES string of the molecule is COc1ccc(NC(=O)C[C@@H]2C[C@@H](C(=O)Nc3ccc(OC)cc3)C2(C)C)cc1. The van der Waals surface area contributed by atoms with E-state index in [-0.39, 0.29) is 29.1 Å². The topological polar surface area (TPSA) is 76.7 Å². The molecule has 1 saturated carbocycles. The van der Waals surface area contributed by atoms with E-state index in [0.29, 0.717) is 12.8 Å². The lowest BCUT2D eigenvalue weighted by atomic mass is 9.53.